The minimum absolute atomic E-state index is 0.855. The lowest BCUT2D eigenvalue weighted by molar-refractivity contribution is 0.727. The van der Waals surface area contributed by atoms with Crippen LogP contribution in [0.1, 0.15) is 45.2 Å². The lowest BCUT2D eigenvalue weighted by Crippen LogP contribution is -1.96. The van der Waals surface area contributed by atoms with Crippen LogP contribution in [-0.4, -0.2) is 11.5 Å². The molecular weight excluding hydrogens is 172 g/mol. The normalized spacial score (nSPS) is 9.36. The summed E-state index contributed by atoms with van der Waals surface area (Å²) in [5, 5.41) is 0. The van der Waals surface area contributed by atoms with Crippen LogP contribution in [0, 0.1) is 0 Å². The van der Waals surface area contributed by atoms with E-state index >= 15 is 0 Å². The Balaban J connectivity index is 0.000000255. The summed E-state index contributed by atoms with van der Waals surface area (Å²) in [5.41, 5.74) is 6.55. The van der Waals surface area contributed by atoms with Gasteiger partial charge in [0, 0.05) is 11.9 Å². The smallest absolute Gasteiger partial charge is 0.0147 e. The minimum Gasteiger partial charge on any atom is -0.365 e. The number of rotatable bonds is 5. The summed E-state index contributed by atoms with van der Waals surface area (Å²) < 4.78 is 0. The zero-order chi connectivity index (χ0) is 10.6. The molecule has 0 aromatic carbocycles. The zero-order valence-corrected chi connectivity index (χ0v) is 9.55. The number of nitrogens with two attached hydrogens (primary N) is 1. The van der Waals surface area contributed by atoms with E-state index in [9.17, 15) is 0 Å². The molecule has 0 aliphatic heterocycles. The van der Waals surface area contributed by atoms with Crippen molar-refractivity contribution < 1.29 is 0 Å². The average molecular weight is 196 g/mol. The van der Waals surface area contributed by atoms with Crippen molar-refractivity contribution in [3.63, 3.8) is 0 Å². The van der Waals surface area contributed by atoms with Crippen LogP contribution in [0.4, 0.5) is 0 Å². The summed E-state index contributed by atoms with van der Waals surface area (Å²) in [5.74, 6) is 0. The van der Waals surface area contributed by atoms with Gasteiger partial charge in [0.1, 0.15) is 0 Å². The lowest BCUT2D eigenvalue weighted by Gasteiger charge is -1.87. The van der Waals surface area contributed by atoms with E-state index in [1.807, 2.05) is 12.3 Å². The van der Waals surface area contributed by atoms with Crippen LogP contribution >= 0.6 is 0 Å². The first-order valence-corrected chi connectivity index (χ1v) is 5.67. The van der Waals surface area contributed by atoms with E-state index in [2.05, 4.69) is 24.9 Å². The maximum Gasteiger partial charge on any atom is 0.0147 e. The van der Waals surface area contributed by atoms with Crippen molar-refractivity contribution in [2.75, 3.05) is 6.54 Å². The topological polar surface area (TPSA) is 41.8 Å². The van der Waals surface area contributed by atoms with Crippen molar-refractivity contribution in [1.82, 2.24) is 4.98 Å². The van der Waals surface area contributed by atoms with Crippen LogP contribution < -0.4 is 5.73 Å². The highest BCUT2D eigenvalue weighted by molar-refractivity contribution is 5.02. The van der Waals surface area contributed by atoms with E-state index < -0.39 is 0 Å². The van der Waals surface area contributed by atoms with Crippen molar-refractivity contribution >= 4 is 0 Å². The van der Waals surface area contributed by atoms with Crippen molar-refractivity contribution in [2.45, 2.75) is 46.0 Å². The van der Waals surface area contributed by atoms with Crippen LogP contribution in [-0.2, 0) is 6.42 Å². The van der Waals surface area contributed by atoms with Gasteiger partial charge in [-0.15, -0.1) is 0 Å². The van der Waals surface area contributed by atoms with Crippen molar-refractivity contribution in [1.29, 1.82) is 0 Å². The van der Waals surface area contributed by atoms with Gasteiger partial charge in [0.05, 0.1) is 0 Å². The van der Waals surface area contributed by atoms with Crippen molar-refractivity contribution in [2.24, 2.45) is 5.73 Å². The highest BCUT2D eigenvalue weighted by atomic mass is 14.7. The van der Waals surface area contributed by atoms with Gasteiger partial charge >= 0.3 is 0 Å². The number of hydrogen-bond acceptors (Lipinski definition) is 1. The molecule has 0 atom stereocenters. The highest BCUT2D eigenvalue weighted by Crippen LogP contribution is 1.96. The molecule has 2 heteroatoms. The van der Waals surface area contributed by atoms with Gasteiger partial charge < -0.3 is 10.7 Å². The first-order valence-electron chi connectivity index (χ1n) is 5.67. The van der Waals surface area contributed by atoms with Gasteiger partial charge in [0.25, 0.3) is 0 Å². The largest absolute Gasteiger partial charge is 0.365 e. The Morgan fingerprint density at radius 3 is 2.36 bits per heavy atom. The fraction of sp³-hybridized carbons (Fsp3) is 0.667. The number of hydrogen-bond donors (Lipinski definition) is 2. The van der Waals surface area contributed by atoms with Gasteiger partial charge in [-0.3, -0.25) is 0 Å². The van der Waals surface area contributed by atoms with Crippen molar-refractivity contribution in [3.05, 3.63) is 24.0 Å². The van der Waals surface area contributed by atoms with Gasteiger partial charge in [-0.1, -0.05) is 33.1 Å². The number of aryl methyl sites for hydroxylation is 1. The summed E-state index contributed by atoms with van der Waals surface area (Å²) in [6.07, 6.45) is 8.11. The predicted molar refractivity (Wildman–Crippen MR) is 63.4 cm³/mol. The Bertz CT molecular complexity index is 176. The fourth-order valence-corrected chi connectivity index (χ4v) is 1.19. The summed E-state index contributed by atoms with van der Waals surface area (Å²) >= 11 is 0. The van der Waals surface area contributed by atoms with Gasteiger partial charge in [-0.25, -0.2) is 0 Å². The summed E-state index contributed by atoms with van der Waals surface area (Å²) in [7, 11) is 0. The molecule has 0 unspecified atom stereocenters. The molecule has 0 saturated carbocycles. The number of aromatic amines is 1. The second-order valence-corrected chi connectivity index (χ2v) is 3.44. The molecule has 1 rings (SSSR count). The van der Waals surface area contributed by atoms with E-state index in [0.29, 0.717) is 0 Å². The van der Waals surface area contributed by atoms with E-state index in [4.69, 9.17) is 5.73 Å². The molecule has 14 heavy (non-hydrogen) atoms. The molecule has 82 valence electrons. The Hall–Kier alpha value is -0.760. The maximum atomic E-state index is 5.21. The Labute approximate surface area is 87.9 Å². The minimum atomic E-state index is 0.855. The second-order valence-electron chi connectivity index (χ2n) is 3.44. The van der Waals surface area contributed by atoms with Crippen LogP contribution in [0.2, 0.25) is 0 Å². The lowest BCUT2D eigenvalue weighted by atomic mass is 10.3. The van der Waals surface area contributed by atoms with Crippen LogP contribution in [0.15, 0.2) is 18.3 Å². The number of H-pyrrole nitrogens is 1. The Morgan fingerprint density at radius 1 is 1.21 bits per heavy atom. The summed E-state index contributed by atoms with van der Waals surface area (Å²) in [6.45, 7) is 5.21. The molecular formula is C12H24N2. The molecule has 0 spiro atoms. The number of aromatic nitrogens is 1. The summed E-state index contributed by atoms with van der Waals surface area (Å²) in [4.78, 5) is 3.14. The predicted octanol–water partition coefficient (Wildman–Crippen LogP) is 3.10. The molecule has 1 aromatic heterocycles. The molecule has 1 heterocycles. The van der Waals surface area contributed by atoms with Crippen LogP contribution in [0.5, 0.6) is 0 Å². The second kappa shape index (κ2) is 10.3. The van der Waals surface area contributed by atoms with Gasteiger partial charge in [-0.2, -0.15) is 0 Å². The van der Waals surface area contributed by atoms with Crippen molar-refractivity contribution in [3.8, 4) is 0 Å². The Kier molecular flexibility index (Phi) is 9.76. The van der Waals surface area contributed by atoms with Gasteiger partial charge in [-0.05, 0) is 31.5 Å². The quantitative estimate of drug-likeness (QED) is 0.698. The van der Waals surface area contributed by atoms with E-state index in [-0.39, 0.29) is 0 Å². The highest BCUT2D eigenvalue weighted by Gasteiger charge is 1.85. The van der Waals surface area contributed by atoms with E-state index in [1.54, 1.807) is 0 Å². The van der Waals surface area contributed by atoms with E-state index in [1.165, 1.54) is 37.8 Å². The third-order valence-corrected chi connectivity index (χ3v) is 1.99. The monoisotopic (exact) mass is 196 g/mol. The molecule has 0 amide bonds. The Morgan fingerprint density at radius 2 is 2.00 bits per heavy atom. The molecule has 3 N–H and O–H groups in total. The number of nitrogens with one attached hydrogen (secondary N) is 1. The average Bonchev–Trinajstić information content (AvgIpc) is 2.69. The molecule has 0 fully saturated rings. The molecule has 2 nitrogen and oxygen atoms in total. The maximum absolute atomic E-state index is 5.21. The summed E-state index contributed by atoms with van der Waals surface area (Å²) in [6, 6.07) is 4.15. The molecule has 0 saturated heterocycles. The van der Waals surface area contributed by atoms with Crippen LogP contribution in [0.25, 0.3) is 0 Å². The third-order valence-electron chi connectivity index (χ3n) is 1.99. The third kappa shape index (κ3) is 7.87. The zero-order valence-electron chi connectivity index (χ0n) is 9.55. The van der Waals surface area contributed by atoms with Gasteiger partial charge in [0.15, 0.2) is 0 Å². The first kappa shape index (κ1) is 13.2. The standard InChI is InChI=1S/C7H11N.C5H13N/c1-2-4-7-5-3-6-8-7;1-2-3-4-5-6/h3,5-6,8H,2,4H2,1H3;2-6H2,1H3. The molecule has 0 aliphatic rings. The molecule has 0 aliphatic carbocycles. The number of unbranched alkanes of at least 4 members (excludes halogenated alkanes) is 2. The first-order chi connectivity index (χ1) is 6.85. The SMILES string of the molecule is CCCCCN.CCCc1ccc[nH]1. The van der Waals surface area contributed by atoms with Crippen LogP contribution in [0.3, 0.4) is 0 Å². The van der Waals surface area contributed by atoms with E-state index in [0.717, 1.165) is 6.54 Å². The molecule has 0 radical (unpaired) electrons. The van der Waals surface area contributed by atoms with Gasteiger partial charge in [0.2, 0.25) is 0 Å². The molecule has 0 bridgehead atoms. The molecule has 1 aromatic rings. The fourth-order valence-electron chi connectivity index (χ4n) is 1.19.